The first kappa shape index (κ1) is 17.7. The van der Waals surface area contributed by atoms with Gasteiger partial charge in [-0.05, 0) is 48.9 Å². The summed E-state index contributed by atoms with van der Waals surface area (Å²) in [5, 5.41) is 0. The second kappa shape index (κ2) is 8.87. The molecule has 0 aliphatic heterocycles. The number of rotatable bonds is 8. The van der Waals surface area contributed by atoms with E-state index in [2.05, 4.69) is 6.92 Å². The van der Waals surface area contributed by atoms with E-state index < -0.39 is 5.97 Å². The second-order valence-electron chi connectivity index (χ2n) is 5.42. The van der Waals surface area contributed by atoms with Crippen molar-refractivity contribution >= 4 is 11.8 Å². The lowest BCUT2D eigenvalue weighted by Gasteiger charge is -2.08. The molecule has 0 fully saturated rings. The fraction of sp³-hybridized carbons (Fsp3) is 0.300. The van der Waals surface area contributed by atoms with Crippen molar-refractivity contribution in [1.82, 2.24) is 0 Å². The Kier molecular flexibility index (Phi) is 6.55. The van der Waals surface area contributed by atoms with Crippen LogP contribution in [0.25, 0.3) is 0 Å². The van der Waals surface area contributed by atoms with Crippen LogP contribution in [-0.4, -0.2) is 18.4 Å². The molecule has 24 heavy (non-hydrogen) atoms. The summed E-state index contributed by atoms with van der Waals surface area (Å²) in [4.78, 5) is 23.8. The summed E-state index contributed by atoms with van der Waals surface area (Å²) < 4.78 is 10.9. The Morgan fingerprint density at radius 2 is 1.67 bits per heavy atom. The fourth-order valence-electron chi connectivity index (χ4n) is 2.13. The van der Waals surface area contributed by atoms with Crippen molar-refractivity contribution in [2.75, 3.05) is 6.61 Å². The third-order valence-electron chi connectivity index (χ3n) is 3.54. The van der Waals surface area contributed by atoms with Crippen molar-refractivity contribution in [3.63, 3.8) is 0 Å². The molecule has 4 heteroatoms. The average molecular weight is 326 g/mol. The van der Waals surface area contributed by atoms with Gasteiger partial charge in [0.05, 0.1) is 12.2 Å². The first-order valence-corrected chi connectivity index (χ1v) is 8.22. The molecule has 0 saturated heterocycles. The van der Waals surface area contributed by atoms with Crippen LogP contribution in [0.3, 0.4) is 0 Å². The van der Waals surface area contributed by atoms with Crippen LogP contribution in [0, 0.1) is 0 Å². The zero-order valence-electron chi connectivity index (χ0n) is 14.1. The van der Waals surface area contributed by atoms with Gasteiger partial charge >= 0.3 is 5.97 Å². The van der Waals surface area contributed by atoms with Gasteiger partial charge in [0.1, 0.15) is 11.5 Å². The summed E-state index contributed by atoms with van der Waals surface area (Å²) in [6, 6.07) is 13.5. The molecule has 0 saturated carbocycles. The van der Waals surface area contributed by atoms with Gasteiger partial charge in [-0.3, -0.25) is 4.79 Å². The summed E-state index contributed by atoms with van der Waals surface area (Å²) in [6.07, 6.45) is 2.47. The molecule has 126 valence electrons. The third-order valence-corrected chi connectivity index (χ3v) is 3.54. The minimum absolute atomic E-state index is 0.0600. The van der Waals surface area contributed by atoms with Gasteiger partial charge < -0.3 is 9.47 Å². The molecule has 0 heterocycles. The maximum atomic E-state index is 12.2. The van der Waals surface area contributed by atoms with Crippen molar-refractivity contribution < 1.29 is 19.1 Å². The van der Waals surface area contributed by atoms with E-state index >= 15 is 0 Å². The molecule has 2 aromatic rings. The first-order chi connectivity index (χ1) is 11.6. The number of Topliss-reactive ketones (excluding diaryl/α,β-unsaturated/α-hetero) is 1. The lowest BCUT2D eigenvalue weighted by atomic mass is 10.1. The van der Waals surface area contributed by atoms with E-state index in [-0.39, 0.29) is 5.78 Å². The van der Waals surface area contributed by atoms with E-state index in [1.54, 1.807) is 42.5 Å². The molecule has 0 spiro atoms. The largest absolute Gasteiger partial charge is 0.494 e. The summed E-state index contributed by atoms with van der Waals surface area (Å²) in [7, 11) is 0. The fourth-order valence-corrected chi connectivity index (χ4v) is 2.13. The average Bonchev–Trinajstić information content (AvgIpc) is 2.62. The SMILES string of the molecule is CCCCOc1cccc(C(=O)Oc2ccc(C(=O)CC)cc2)c1. The Morgan fingerprint density at radius 1 is 0.917 bits per heavy atom. The molecule has 0 radical (unpaired) electrons. The summed E-state index contributed by atoms with van der Waals surface area (Å²) >= 11 is 0. The number of carbonyl (C=O) groups is 2. The molecule has 0 amide bonds. The van der Waals surface area contributed by atoms with Crippen LogP contribution in [0.15, 0.2) is 48.5 Å². The molecule has 2 rings (SSSR count). The normalized spacial score (nSPS) is 10.2. The number of ketones is 1. The smallest absolute Gasteiger partial charge is 0.343 e. The van der Waals surface area contributed by atoms with Crippen LogP contribution in [0.5, 0.6) is 11.5 Å². The number of hydrogen-bond acceptors (Lipinski definition) is 4. The highest BCUT2D eigenvalue weighted by Gasteiger charge is 2.10. The zero-order valence-corrected chi connectivity index (χ0v) is 14.1. The Balaban J connectivity index is 2.01. The Morgan fingerprint density at radius 3 is 2.33 bits per heavy atom. The first-order valence-electron chi connectivity index (χ1n) is 8.22. The Bertz CT molecular complexity index is 689. The van der Waals surface area contributed by atoms with Gasteiger partial charge in [0, 0.05) is 12.0 Å². The minimum atomic E-state index is -0.453. The molecule has 0 N–H and O–H groups in total. The minimum Gasteiger partial charge on any atom is -0.494 e. The maximum absolute atomic E-state index is 12.2. The third kappa shape index (κ3) is 4.95. The quantitative estimate of drug-likeness (QED) is 0.306. The molecule has 0 aliphatic carbocycles. The van der Waals surface area contributed by atoms with E-state index in [1.807, 2.05) is 13.0 Å². The Labute approximate surface area is 142 Å². The van der Waals surface area contributed by atoms with Gasteiger partial charge in [-0.1, -0.05) is 26.3 Å². The van der Waals surface area contributed by atoms with E-state index in [0.29, 0.717) is 35.7 Å². The molecule has 0 atom stereocenters. The standard InChI is InChI=1S/C20H22O4/c1-3-5-13-23-18-8-6-7-16(14-18)20(22)24-17-11-9-15(10-12-17)19(21)4-2/h6-12,14H,3-5,13H2,1-2H3. The van der Waals surface area contributed by atoms with Crippen molar-refractivity contribution in [2.45, 2.75) is 33.1 Å². The molecular weight excluding hydrogens is 304 g/mol. The topological polar surface area (TPSA) is 52.6 Å². The zero-order chi connectivity index (χ0) is 17.4. The number of benzene rings is 2. The predicted molar refractivity (Wildman–Crippen MR) is 92.9 cm³/mol. The molecular formula is C20H22O4. The monoisotopic (exact) mass is 326 g/mol. The van der Waals surface area contributed by atoms with E-state index in [1.165, 1.54) is 0 Å². The van der Waals surface area contributed by atoms with Gasteiger partial charge in [-0.2, -0.15) is 0 Å². The van der Waals surface area contributed by atoms with Gasteiger partial charge in [-0.15, -0.1) is 0 Å². The lowest BCUT2D eigenvalue weighted by molar-refractivity contribution is 0.0734. The van der Waals surface area contributed by atoms with Crippen molar-refractivity contribution in [2.24, 2.45) is 0 Å². The van der Waals surface area contributed by atoms with E-state index in [0.717, 1.165) is 12.8 Å². The van der Waals surface area contributed by atoms with Crippen LogP contribution in [0.1, 0.15) is 53.8 Å². The van der Waals surface area contributed by atoms with Crippen molar-refractivity contribution in [3.05, 3.63) is 59.7 Å². The predicted octanol–water partition coefficient (Wildman–Crippen LogP) is 4.68. The molecule has 0 aliphatic rings. The highest BCUT2D eigenvalue weighted by molar-refractivity contribution is 5.96. The highest BCUT2D eigenvalue weighted by atomic mass is 16.5. The van der Waals surface area contributed by atoms with E-state index in [9.17, 15) is 9.59 Å². The van der Waals surface area contributed by atoms with Crippen LogP contribution in [0.2, 0.25) is 0 Å². The molecule has 2 aromatic carbocycles. The summed E-state index contributed by atoms with van der Waals surface area (Å²) in [6.45, 7) is 4.53. The number of ether oxygens (including phenoxy) is 2. The number of carbonyl (C=O) groups excluding carboxylic acids is 2. The van der Waals surface area contributed by atoms with Gasteiger partial charge in [-0.25, -0.2) is 4.79 Å². The second-order valence-corrected chi connectivity index (χ2v) is 5.42. The summed E-state index contributed by atoms with van der Waals surface area (Å²) in [5.74, 6) is 0.669. The molecule has 0 unspecified atom stereocenters. The van der Waals surface area contributed by atoms with Crippen LogP contribution in [-0.2, 0) is 0 Å². The lowest BCUT2D eigenvalue weighted by Crippen LogP contribution is -2.09. The van der Waals surface area contributed by atoms with Gasteiger partial charge in [0.15, 0.2) is 5.78 Å². The highest BCUT2D eigenvalue weighted by Crippen LogP contribution is 2.18. The molecule has 0 aromatic heterocycles. The molecule has 4 nitrogen and oxygen atoms in total. The van der Waals surface area contributed by atoms with Crippen molar-refractivity contribution in [1.29, 1.82) is 0 Å². The molecule has 0 bridgehead atoms. The van der Waals surface area contributed by atoms with E-state index in [4.69, 9.17) is 9.47 Å². The van der Waals surface area contributed by atoms with Gasteiger partial charge in [0.25, 0.3) is 0 Å². The maximum Gasteiger partial charge on any atom is 0.343 e. The number of hydrogen-bond donors (Lipinski definition) is 0. The number of esters is 1. The Hall–Kier alpha value is -2.62. The van der Waals surface area contributed by atoms with Crippen LogP contribution >= 0.6 is 0 Å². The van der Waals surface area contributed by atoms with Crippen molar-refractivity contribution in [3.8, 4) is 11.5 Å². The van der Waals surface area contributed by atoms with Crippen LogP contribution < -0.4 is 9.47 Å². The number of unbranched alkanes of at least 4 members (excludes halogenated alkanes) is 1. The summed E-state index contributed by atoms with van der Waals surface area (Å²) in [5.41, 5.74) is 1.04. The van der Waals surface area contributed by atoms with Crippen LogP contribution in [0.4, 0.5) is 0 Å². The van der Waals surface area contributed by atoms with Gasteiger partial charge in [0.2, 0.25) is 0 Å².